The largest absolute Gasteiger partial charge is 0.352 e. The molecule has 4 nitrogen and oxygen atoms in total. The van der Waals surface area contributed by atoms with Crippen molar-refractivity contribution < 1.29 is 0 Å². The van der Waals surface area contributed by atoms with E-state index < -0.39 is 0 Å². The van der Waals surface area contributed by atoms with Gasteiger partial charge in [-0.15, -0.1) is 0 Å². The molecular formula is C21H21BrN4. The number of anilines is 3. The van der Waals surface area contributed by atoms with Gasteiger partial charge in [-0.1, -0.05) is 47.1 Å². The summed E-state index contributed by atoms with van der Waals surface area (Å²) in [4.78, 5) is 11.8. The average molecular weight is 409 g/mol. The van der Waals surface area contributed by atoms with Gasteiger partial charge in [-0.25, -0.2) is 4.98 Å². The third-order valence-corrected chi connectivity index (χ3v) is 5.16. The highest BCUT2D eigenvalue weighted by Gasteiger charge is 2.19. The van der Waals surface area contributed by atoms with E-state index in [2.05, 4.69) is 62.3 Å². The van der Waals surface area contributed by atoms with Crippen LogP contribution in [0.25, 0.3) is 0 Å². The molecular weight excluding hydrogens is 388 g/mol. The Hall–Kier alpha value is -2.40. The fourth-order valence-electron chi connectivity index (χ4n) is 3.25. The molecule has 0 bridgehead atoms. The zero-order valence-electron chi connectivity index (χ0n) is 14.7. The van der Waals surface area contributed by atoms with Gasteiger partial charge in [-0.3, -0.25) is 0 Å². The topological polar surface area (TPSA) is 41.1 Å². The van der Waals surface area contributed by atoms with Crippen LogP contribution in [0, 0.1) is 0 Å². The zero-order valence-corrected chi connectivity index (χ0v) is 16.3. The molecule has 2 heterocycles. The lowest BCUT2D eigenvalue weighted by Gasteiger charge is -2.30. The lowest BCUT2D eigenvalue weighted by molar-refractivity contribution is 0.718. The zero-order chi connectivity index (χ0) is 17.9. The fourth-order valence-corrected chi connectivity index (χ4v) is 3.66. The molecule has 26 heavy (non-hydrogen) atoms. The molecule has 2 aromatic carbocycles. The predicted molar refractivity (Wildman–Crippen MR) is 110 cm³/mol. The predicted octanol–water partition coefficient (Wildman–Crippen LogP) is 5.11. The van der Waals surface area contributed by atoms with Crippen LogP contribution in [0.2, 0.25) is 0 Å². The number of hydrogen-bond acceptors (Lipinski definition) is 4. The normalized spacial score (nSPS) is 13.4. The molecule has 1 aliphatic heterocycles. The third-order valence-electron chi connectivity index (χ3n) is 4.66. The first-order valence-corrected chi connectivity index (χ1v) is 9.73. The summed E-state index contributed by atoms with van der Waals surface area (Å²) in [5.41, 5.74) is 4.84. The van der Waals surface area contributed by atoms with Crippen molar-refractivity contribution in [2.75, 3.05) is 16.8 Å². The Kier molecular flexibility index (Phi) is 4.89. The molecule has 0 fully saturated rings. The first-order valence-electron chi connectivity index (χ1n) is 8.93. The van der Waals surface area contributed by atoms with Crippen molar-refractivity contribution in [1.29, 1.82) is 0 Å². The van der Waals surface area contributed by atoms with Crippen LogP contribution in [0.5, 0.6) is 0 Å². The molecule has 0 saturated carbocycles. The second kappa shape index (κ2) is 7.46. The van der Waals surface area contributed by atoms with Crippen molar-refractivity contribution in [3.8, 4) is 0 Å². The Morgan fingerprint density at radius 2 is 1.88 bits per heavy atom. The van der Waals surface area contributed by atoms with Crippen LogP contribution < -0.4 is 10.2 Å². The fraction of sp³-hybridized carbons (Fsp3) is 0.238. The maximum atomic E-state index is 4.79. The van der Waals surface area contributed by atoms with E-state index in [4.69, 9.17) is 4.98 Å². The van der Waals surface area contributed by atoms with E-state index in [0.29, 0.717) is 5.95 Å². The number of rotatable bonds is 4. The highest BCUT2D eigenvalue weighted by molar-refractivity contribution is 9.10. The van der Waals surface area contributed by atoms with Crippen LogP contribution in [-0.2, 0) is 19.4 Å². The molecule has 0 spiro atoms. The molecule has 0 saturated heterocycles. The summed E-state index contributed by atoms with van der Waals surface area (Å²) in [6.45, 7) is 3.98. The number of hydrogen-bond donors (Lipinski definition) is 1. The molecule has 0 unspecified atom stereocenters. The van der Waals surface area contributed by atoms with Crippen molar-refractivity contribution in [3.05, 3.63) is 75.9 Å². The standard InChI is InChI=1S/C21H21BrN4/c1-2-18-13-20(25-21(23-18)24-19-6-4-3-5-7-19)26-11-10-15-12-17(22)9-8-16(15)14-26/h3-9,12-13H,2,10-11,14H2,1H3,(H,23,24,25). The van der Waals surface area contributed by atoms with Crippen LogP contribution >= 0.6 is 15.9 Å². The van der Waals surface area contributed by atoms with Gasteiger partial charge in [0, 0.05) is 35.0 Å². The Balaban J connectivity index is 1.62. The smallest absolute Gasteiger partial charge is 0.229 e. The third kappa shape index (κ3) is 3.73. The van der Waals surface area contributed by atoms with E-state index in [9.17, 15) is 0 Å². The van der Waals surface area contributed by atoms with Gasteiger partial charge in [0.25, 0.3) is 0 Å². The van der Waals surface area contributed by atoms with Gasteiger partial charge in [-0.05, 0) is 48.2 Å². The number of nitrogens with zero attached hydrogens (tertiary/aromatic N) is 3. The number of para-hydroxylation sites is 1. The van der Waals surface area contributed by atoms with E-state index in [0.717, 1.165) is 47.6 Å². The van der Waals surface area contributed by atoms with E-state index in [-0.39, 0.29) is 0 Å². The maximum absolute atomic E-state index is 4.79. The van der Waals surface area contributed by atoms with Crippen molar-refractivity contribution >= 4 is 33.4 Å². The van der Waals surface area contributed by atoms with E-state index in [1.165, 1.54) is 11.1 Å². The molecule has 0 atom stereocenters. The Morgan fingerprint density at radius 3 is 2.69 bits per heavy atom. The van der Waals surface area contributed by atoms with Gasteiger partial charge in [0.1, 0.15) is 5.82 Å². The summed E-state index contributed by atoms with van der Waals surface area (Å²) >= 11 is 3.57. The summed E-state index contributed by atoms with van der Waals surface area (Å²) in [5, 5.41) is 3.33. The van der Waals surface area contributed by atoms with Gasteiger partial charge in [-0.2, -0.15) is 4.98 Å². The van der Waals surface area contributed by atoms with E-state index in [1.807, 2.05) is 30.3 Å². The second-order valence-electron chi connectivity index (χ2n) is 6.47. The number of halogens is 1. The molecule has 5 heteroatoms. The minimum atomic E-state index is 0.659. The van der Waals surface area contributed by atoms with Crippen LogP contribution in [-0.4, -0.2) is 16.5 Å². The molecule has 4 rings (SSSR count). The summed E-state index contributed by atoms with van der Waals surface area (Å²) in [6.07, 6.45) is 1.91. The molecule has 1 aromatic heterocycles. The van der Waals surface area contributed by atoms with Gasteiger partial charge >= 0.3 is 0 Å². The van der Waals surface area contributed by atoms with Crippen LogP contribution in [0.15, 0.2) is 59.1 Å². The lowest BCUT2D eigenvalue weighted by Crippen LogP contribution is -2.31. The van der Waals surface area contributed by atoms with E-state index >= 15 is 0 Å². The second-order valence-corrected chi connectivity index (χ2v) is 7.39. The minimum Gasteiger partial charge on any atom is -0.352 e. The van der Waals surface area contributed by atoms with Crippen molar-refractivity contribution in [1.82, 2.24) is 9.97 Å². The van der Waals surface area contributed by atoms with Gasteiger partial charge < -0.3 is 10.2 Å². The summed E-state index contributed by atoms with van der Waals surface area (Å²) in [7, 11) is 0. The number of aryl methyl sites for hydroxylation is 1. The van der Waals surface area contributed by atoms with Crippen LogP contribution in [0.3, 0.4) is 0 Å². The molecule has 0 radical (unpaired) electrons. The SMILES string of the molecule is CCc1cc(N2CCc3cc(Br)ccc3C2)nc(Nc2ccccc2)n1. The quantitative estimate of drug-likeness (QED) is 0.651. The Morgan fingerprint density at radius 1 is 1.04 bits per heavy atom. The highest BCUT2D eigenvalue weighted by Crippen LogP contribution is 2.27. The average Bonchev–Trinajstić information content (AvgIpc) is 2.68. The first-order chi connectivity index (χ1) is 12.7. The van der Waals surface area contributed by atoms with Crippen LogP contribution in [0.1, 0.15) is 23.7 Å². The molecule has 0 aliphatic carbocycles. The van der Waals surface area contributed by atoms with Crippen LogP contribution in [0.4, 0.5) is 17.5 Å². The Labute approximate surface area is 162 Å². The van der Waals surface area contributed by atoms with Gasteiger partial charge in [0.2, 0.25) is 5.95 Å². The van der Waals surface area contributed by atoms with Crippen molar-refractivity contribution in [2.45, 2.75) is 26.3 Å². The highest BCUT2D eigenvalue weighted by atomic mass is 79.9. The summed E-state index contributed by atoms with van der Waals surface area (Å²) < 4.78 is 1.15. The van der Waals surface area contributed by atoms with Gasteiger partial charge in [0.15, 0.2) is 0 Å². The Bertz CT molecular complexity index is 911. The number of fused-ring (bicyclic) bond motifs is 1. The monoisotopic (exact) mass is 408 g/mol. The maximum Gasteiger partial charge on any atom is 0.229 e. The van der Waals surface area contributed by atoms with E-state index in [1.54, 1.807) is 0 Å². The molecule has 132 valence electrons. The van der Waals surface area contributed by atoms with Crippen molar-refractivity contribution in [2.24, 2.45) is 0 Å². The molecule has 3 aromatic rings. The molecule has 1 N–H and O–H groups in total. The van der Waals surface area contributed by atoms with Gasteiger partial charge in [0.05, 0.1) is 0 Å². The van der Waals surface area contributed by atoms with Crippen molar-refractivity contribution in [3.63, 3.8) is 0 Å². The lowest BCUT2D eigenvalue weighted by atomic mass is 10.00. The minimum absolute atomic E-state index is 0.659. The number of nitrogens with one attached hydrogen (secondary N) is 1. The molecule has 0 amide bonds. The number of aromatic nitrogens is 2. The first kappa shape index (κ1) is 17.0. The summed E-state index contributed by atoms with van der Waals surface area (Å²) in [5.74, 6) is 1.65. The number of benzene rings is 2. The summed E-state index contributed by atoms with van der Waals surface area (Å²) in [6, 6.07) is 18.7. The molecule has 1 aliphatic rings.